The molecule has 1 N–H and O–H groups in total. The van der Waals surface area contributed by atoms with Crippen LogP contribution in [-0.4, -0.2) is 28.2 Å². The molecule has 1 aromatic heterocycles. The lowest BCUT2D eigenvalue weighted by molar-refractivity contribution is -0.143. The molecule has 0 spiro atoms. The van der Waals surface area contributed by atoms with E-state index in [1.165, 1.54) is 5.56 Å². The van der Waals surface area contributed by atoms with Gasteiger partial charge in [-0.3, -0.25) is 9.59 Å². The van der Waals surface area contributed by atoms with Gasteiger partial charge in [0.25, 0.3) is 0 Å². The van der Waals surface area contributed by atoms with Gasteiger partial charge in [-0.2, -0.15) is 0 Å². The predicted molar refractivity (Wildman–Crippen MR) is 83.2 cm³/mol. The Morgan fingerprint density at radius 3 is 2.64 bits per heavy atom. The van der Waals surface area contributed by atoms with E-state index >= 15 is 0 Å². The third-order valence-electron chi connectivity index (χ3n) is 3.74. The topological polar surface area (TPSA) is 62.3 Å². The van der Waals surface area contributed by atoms with Gasteiger partial charge in [0, 0.05) is 18.8 Å². The number of carbonyl (C=O) groups is 2. The maximum absolute atomic E-state index is 12.3. The van der Waals surface area contributed by atoms with Gasteiger partial charge in [-0.1, -0.05) is 30.3 Å². The normalized spacial score (nSPS) is 13.4. The summed E-state index contributed by atoms with van der Waals surface area (Å²) in [7, 11) is 0. The molecule has 0 radical (unpaired) electrons. The molecule has 22 heavy (non-hydrogen) atoms. The van der Waals surface area contributed by atoms with Gasteiger partial charge in [0.15, 0.2) is 0 Å². The zero-order valence-electron chi connectivity index (χ0n) is 12.4. The first-order valence-electron chi connectivity index (χ1n) is 7.24. The van der Waals surface area contributed by atoms with Crippen LogP contribution in [0.1, 0.15) is 16.8 Å². The Morgan fingerprint density at radius 2 is 1.86 bits per heavy atom. The summed E-state index contributed by atoms with van der Waals surface area (Å²) < 4.78 is 0. The number of pyridine rings is 1. The highest BCUT2D eigenvalue weighted by atomic mass is 16.2. The summed E-state index contributed by atoms with van der Waals surface area (Å²) in [6.07, 6.45) is 0.776. The van der Waals surface area contributed by atoms with Crippen LogP contribution >= 0.6 is 0 Å². The van der Waals surface area contributed by atoms with E-state index in [1.807, 2.05) is 31.2 Å². The van der Waals surface area contributed by atoms with Crippen molar-refractivity contribution >= 4 is 17.6 Å². The van der Waals surface area contributed by atoms with Gasteiger partial charge in [0.1, 0.15) is 5.82 Å². The Labute approximate surface area is 129 Å². The molecule has 112 valence electrons. The largest absolute Gasteiger partial charge is 0.330 e. The predicted octanol–water partition coefficient (Wildman–Crippen LogP) is 1.91. The van der Waals surface area contributed by atoms with E-state index in [9.17, 15) is 9.59 Å². The first-order valence-corrected chi connectivity index (χ1v) is 7.24. The number of fused-ring (bicyclic) bond motifs is 1. The first kappa shape index (κ1) is 14.3. The zero-order chi connectivity index (χ0) is 15.5. The Bertz CT molecular complexity index is 727. The van der Waals surface area contributed by atoms with Crippen molar-refractivity contribution in [2.75, 3.05) is 11.9 Å². The molecule has 0 fully saturated rings. The van der Waals surface area contributed by atoms with Crippen molar-refractivity contribution in [2.45, 2.75) is 19.9 Å². The minimum atomic E-state index is -0.641. The van der Waals surface area contributed by atoms with Gasteiger partial charge in [-0.25, -0.2) is 4.98 Å². The van der Waals surface area contributed by atoms with Crippen molar-refractivity contribution in [3.05, 3.63) is 59.3 Å². The van der Waals surface area contributed by atoms with Crippen molar-refractivity contribution in [3.63, 3.8) is 0 Å². The van der Waals surface area contributed by atoms with Gasteiger partial charge in [-0.15, -0.1) is 0 Å². The first-order chi connectivity index (χ1) is 10.6. The standard InChI is InChI=1S/C17H17N3O2/c1-12-5-4-8-15(18-12)19-16(21)17(22)20-10-9-13-6-2-3-7-14(13)11-20/h2-8H,9-11H2,1H3,(H,18,19,21). The van der Waals surface area contributed by atoms with Crippen LogP contribution in [0.3, 0.4) is 0 Å². The van der Waals surface area contributed by atoms with Crippen LogP contribution in [0.4, 0.5) is 5.82 Å². The molecular weight excluding hydrogens is 278 g/mol. The number of hydrogen-bond donors (Lipinski definition) is 1. The third kappa shape index (κ3) is 2.98. The number of aromatic nitrogens is 1. The van der Waals surface area contributed by atoms with Crippen molar-refractivity contribution in [2.24, 2.45) is 0 Å². The minimum Gasteiger partial charge on any atom is -0.330 e. The van der Waals surface area contributed by atoms with Crippen LogP contribution in [0.5, 0.6) is 0 Å². The number of benzene rings is 1. The second kappa shape index (κ2) is 5.97. The van der Waals surface area contributed by atoms with Crippen molar-refractivity contribution in [3.8, 4) is 0 Å². The number of carbonyl (C=O) groups excluding carboxylic acids is 2. The van der Waals surface area contributed by atoms with Gasteiger partial charge in [0.2, 0.25) is 0 Å². The van der Waals surface area contributed by atoms with E-state index in [-0.39, 0.29) is 0 Å². The number of hydrogen-bond acceptors (Lipinski definition) is 3. The molecule has 0 saturated carbocycles. The van der Waals surface area contributed by atoms with Crippen molar-refractivity contribution < 1.29 is 9.59 Å². The fourth-order valence-corrected chi connectivity index (χ4v) is 2.60. The second-order valence-electron chi connectivity index (χ2n) is 5.36. The van der Waals surface area contributed by atoms with Gasteiger partial charge in [-0.05, 0) is 36.6 Å². The minimum absolute atomic E-state index is 0.399. The summed E-state index contributed by atoms with van der Waals surface area (Å²) in [5.41, 5.74) is 3.13. The third-order valence-corrected chi connectivity index (χ3v) is 3.74. The van der Waals surface area contributed by atoms with Crippen LogP contribution in [0.2, 0.25) is 0 Å². The highest BCUT2D eigenvalue weighted by molar-refractivity contribution is 6.39. The summed E-state index contributed by atoms with van der Waals surface area (Å²) in [5.74, 6) is -0.758. The maximum Gasteiger partial charge on any atom is 0.315 e. The van der Waals surface area contributed by atoms with Crippen molar-refractivity contribution in [1.82, 2.24) is 9.88 Å². The highest BCUT2D eigenvalue weighted by Gasteiger charge is 2.25. The van der Waals surface area contributed by atoms with E-state index in [0.29, 0.717) is 18.9 Å². The van der Waals surface area contributed by atoms with Crippen molar-refractivity contribution in [1.29, 1.82) is 0 Å². The molecule has 0 unspecified atom stereocenters. The maximum atomic E-state index is 12.3. The molecule has 0 saturated heterocycles. The zero-order valence-corrected chi connectivity index (χ0v) is 12.4. The number of nitrogens with one attached hydrogen (secondary N) is 1. The van der Waals surface area contributed by atoms with E-state index in [0.717, 1.165) is 17.7 Å². The molecule has 0 aliphatic carbocycles. The van der Waals surface area contributed by atoms with Crippen LogP contribution < -0.4 is 5.32 Å². The number of nitrogens with zero attached hydrogens (tertiary/aromatic N) is 2. The van der Waals surface area contributed by atoms with E-state index in [2.05, 4.69) is 16.4 Å². The molecule has 3 rings (SSSR count). The lowest BCUT2D eigenvalue weighted by Crippen LogP contribution is -2.42. The van der Waals surface area contributed by atoms with Crippen LogP contribution in [0.25, 0.3) is 0 Å². The van der Waals surface area contributed by atoms with E-state index < -0.39 is 11.8 Å². The Kier molecular flexibility index (Phi) is 3.87. The summed E-state index contributed by atoms with van der Waals surface area (Å²) >= 11 is 0. The van der Waals surface area contributed by atoms with Gasteiger partial charge >= 0.3 is 11.8 Å². The smallest absolute Gasteiger partial charge is 0.315 e. The molecule has 2 amide bonds. The van der Waals surface area contributed by atoms with E-state index in [1.54, 1.807) is 17.0 Å². The lowest BCUT2D eigenvalue weighted by Gasteiger charge is -2.28. The lowest BCUT2D eigenvalue weighted by atomic mass is 10.00. The molecule has 0 atom stereocenters. The average molecular weight is 295 g/mol. The molecule has 1 aliphatic heterocycles. The summed E-state index contributed by atoms with van der Waals surface area (Å²) in [6.45, 7) is 2.87. The van der Waals surface area contributed by atoms with Crippen LogP contribution in [0, 0.1) is 6.92 Å². The van der Waals surface area contributed by atoms with Gasteiger partial charge in [0.05, 0.1) is 0 Å². The molecule has 1 aliphatic rings. The SMILES string of the molecule is Cc1cccc(NC(=O)C(=O)N2CCc3ccccc3C2)n1. The van der Waals surface area contributed by atoms with Crippen LogP contribution in [0.15, 0.2) is 42.5 Å². The highest BCUT2D eigenvalue weighted by Crippen LogP contribution is 2.18. The van der Waals surface area contributed by atoms with Crippen LogP contribution in [-0.2, 0) is 22.6 Å². The monoisotopic (exact) mass is 295 g/mol. The Morgan fingerprint density at radius 1 is 1.09 bits per heavy atom. The molecule has 2 heterocycles. The molecule has 5 nitrogen and oxygen atoms in total. The number of anilines is 1. The summed E-state index contributed by atoms with van der Waals surface area (Å²) in [6, 6.07) is 13.3. The second-order valence-corrected chi connectivity index (χ2v) is 5.36. The fraction of sp³-hybridized carbons (Fsp3) is 0.235. The molecule has 0 bridgehead atoms. The molecule has 2 aromatic rings. The van der Waals surface area contributed by atoms with Gasteiger partial charge < -0.3 is 10.2 Å². The fourth-order valence-electron chi connectivity index (χ4n) is 2.60. The average Bonchev–Trinajstić information content (AvgIpc) is 2.53. The quantitative estimate of drug-likeness (QED) is 0.818. The Hall–Kier alpha value is -2.69. The molecular formula is C17H17N3O2. The summed E-state index contributed by atoms with van der Waals surface area (Å²) in [4.78, 5) is 30.1. The number of amides is 2. The number of rotatable bonds is 1. The molecule has 1 aromatic carbocycles. The Balaban J connectivity index is 1.68. The molecule has 5 heteroatoms. The van der Waals surface area contributed by atoms with E-state index in [4.69, 9.17) is 0 Å². The number of aryl methyl sites for hydroxylation is 1. The summed E-state index contributed by atoms with van der Waals surface area (Å²) in [5, 5.41) is 2.56.